The molecule has 6 rings (SSSR count). The minimum Gasteiger partial charge on any atom is -0.507 e. The second-order valence-electron chi connectivity index (χ2n) is 13.2. The van der Waals surface area contributed by atoms with Gasteiger partial charge in [0.25, 0.3) is 0 Å². The number of phenolic OH excluding ortho intramolecular Hbond substituents is 6. The van der Waals surface area contributed by atoms with Crippen LogP contribution in [0.1, 0.15) is 72.9 Å². The van der Waals surface area contributed by atoms with Crippen LogP contribution in [-0.2, 0) is 0 Å². The summed E-state index contributed by atoms with van der Waals surface area (Å²) < 4.78 is 0. The Kier molecular flexibility index (Phi) is 8.89. The molecule has 0 heterocycles. The quantitative estimate of drug-likeness (QED) is 0.0737. The third kappa shape index (κ3) is 5.62. The second-order valence-corrected chi connectivity index (χ2v) is 13.2. The van der Waals surface area contributed by atoms with Crippen molar-refractivity contribution in [3.8, 4) is 45.6 Å². The zero-order valence-corrected chi connectivity index (χ0v) is 28.8. The van der Waals surface area contributed by atoms with Crippen LogP contribution in [0.15, 0.2) is 82.8 Å². The van der Waals surface area contributed by atoms with Crippen molar-refractivity contribution in [1.29, 1.82) is 0 Å². The number of benzene rings is 6. The van der Waals surface area contributed by atoms with E-state index in [0.29, 0.717) is 55.5 Å². The summed E-state index contributed by atoms with van der Waals surface area (Å²) >= 11 is 0. The standard InChI is InChI=1S/C42H40N2O6/c1-21(2)31-27-17-23(5)33(39(47)35(27)29(37(45)41(31)49)19-43-25-13-9-7-10-14-25)34-24(6)18-28-32(22(3)4)42(50)38(46)30(36(28)40(34)48)20-44-26-15-11-8-12-16-26/h7-22,45-50H,1-6H3. The molecule has 254 valence electrons. The highest BCUT2D eigenvalue weighted by atomic mass is 16.3. The summed E-state index contributed by atoms with van der Waals surface area (Å²) in [5, 5.41) is 71.3. The van der Waals surface area contributed by atoms with Crippen molar-refractivity contribution < 1.29 is 30.6 Å². The van der Waals surface area contributed by atoms with E-state index >= 15 is 0 Å². The molecule has 6 aromatic rings. The molecule has 6 N–H and O–H groups in total. The Balaban J connectivity index is 1.73. The van der Waals surface area contributed by atoms with Gasteiger partial charge in [0.05, 0.1) is 22.5 Å². The Labute approximate surface area is 290 Å². The lowest BCUT2D eigenvalue weighted by Crippen LogP contribution is -2.01. The zero-order chi connectivity index (χ0) is 36.0. The summed E-state index contributed by atoms with van der Waals surface area (Å²) in [6, 6.07) is 21.9. The van der Waals surface area contributed by atoms with Gasteiger partial charge in [0, 0.05) is 45.5 Å². The van der Waals surface area contributed by atoms with Gasteiger partial charge in [0.1, 0.15) is 11.5 Å². The van der Waals surface area contributed by atoms with Crippen molar-refractivity contribution in [1.82, 2.24) is 0 Å². The molecule has 8 heteroatoms. The Bertz CT molecular complexity index is 2180. The van der Waals surface area contributed by atoms with Gasteiger partial charge in [0.15, 0.2) is 23.0 Å². The third-order valence-corrected chi connectivity index (χ3v) is 9.19. The van der Waals surface area contributed by atoms with Crippen molar-refractivity contribution in [3.63, 3.8) is 0 Å². The van der Waals surface area contributed by atoms with Crippen LogP contribution in [0.5, 0.6) is 34.5 Å². The monoisotopic (exact) mass is 668 g/mol. The molecule has 6 aromatic carbocycles. The van der Waals surface area contributed by atoms with E-state index in [4.69, 9.17) is 0 Å². The highest BCUT2D eigenvalue weighted by Gasteiger charge is 2.29. The zero-order valence-electron chi connectivity index (χ0n) is 28.8. The Morgan fingerprint density at radius 1 is 0.480 bits per heavy atom. The van der Waals surface area contributed by atoms with Gasteiger partial charge < -0.3 is 30.6 Å². The fraction of sp³-hybridized carbons (Fsp3) is 0.190. The van der Waals surface area contributed by atoms with E-state index in [1.807, 2.05) is 76.2 Å². The largest absolute Gasteiger partial charge is 0.507 e. The Morgan fingerprint density at radius 3 is 1.14 bits per heavy atom. The molecule has 0 amide bonds. The molecule has 0 aliphatic rings. The van der Waals surface area contributed by atoms with Crippen LogP contribution in [0.2, 0.25) is 0 Å². The fourth-order valence-corrected chi connectivity index (χ4v) is 6.93. The van der Waals surface area contributed by atoms with E-state index in [9.17, 15) is 30.6 Å². The summed E-state index contributed by atoms with van der Waals surface area (Å²) in [7, 11) is 0. The van der Waals surface area contributed by atoms with Gasteiger partial charge in [-0.2, -0.15) is 0 Å². The molecular formula is C42H40N2O6. The van der Waals surface area contributed by atoms with Crippen molar-refractivity contribution in [2.45, 2.75) is 53.4 Å². The van der Waals surface area contributed by atoms with Crippen LogP contribution >= 0.6 is 0 Å². The number of nitrogens with zero attached hydrogens (tertiary/aromatic N) is 2. The number of aromatic hydroxyl groups is 6. The van der Waals surface area contributed by atoms with Crippen molar-refractivity contribution >= 4 is 45.3 Å². The van der Waals surface area contributed by atoms with Gasteiger partial charge in [-0.25, -0.2) is 0 Å². The molecule has 0 radical (unpaired) electrons. The van der Waals surface area contributed by atoms with Crippen LogP contribution in [-0.4, -0.2) is 43.1 Å². The maximum atomic E-state index is 12.3. The van der Waals surface area contributed by atoms with Crippen LogP contribution in [0, 0.1) is 13.8 Å². The molecule has 0 saturated heterocycles. The van der Waals surface area contributed by atoms with Gasteiger partial charge in [-0.05, 0) is 71.8 Å². The lowest BCUT2D eigenvalue weighted by Gasteiger charge is -2.23. The normalized spacial score (nSPS) is 12.1. The summed E-state index contributed by atoms with van der Waals surface area (Å²) in [5.41, 5.74) is 4.15. The van der Waals surface area contributed by atoms with E-state index in [1.54, 1.807) is 38.1 Å². The average Bonchev–Trinajstić information content (AvgIpc) is 3.07. The van der Waals surface area contributed by atoms with Gasteiger partial charge in [-0.3, -0.25) is 9.98 Å². The number of hydrogen-bond acceptors (Lipinski definition) is 8. The maximum Gasteiger partial charge on any atom is 0.167 e. The third-order valence-electron chi connectivity index (χ3n) is 9.19. The molecular weight excluding hydrogens is 628 g/mol. The smallest absolute Gasteiger partial charge is 0.167 e. The predicted molar refractivity (Wildman–Crippen MR) is 202 cm³/mol. The van der Waals surface area contributed by atoms with Crippen LogP contribution < -0.4 is 0 Å². The van der Waals surface area contributed by atoms with E-state index in [1.165, 1.54) is 12.4 Å². The first kappa shape index (κ1) is 33.9. The van der Waals surface area contributed by atoms with Crippen LogP contribution in [0.3, 0.4) is 0 Å². The molecule has 0 bridgehead atoms. The summed E-state index contributed by atoms with van der Waals surface area (Å²) in [4.78, 5) is 9.05. The molecule has 50 heavy (non-hydrogen) atoms. The van der Waals surface area contributed by atoms with Crippen molar-refractivity contribution in [3.05, 3.63) is 106 Å². The molecule has 0 fully saturated rings. The molecule has 0 aliphatic carbocycles. The molecule has 0 unspecified atom stereocenters. The molecule has 0 saturated carbocycles. The number of aliphatic imine (C=N–C) groups is 2. The minimum absolute atomic E-state index is 0.114. The first-order valence-electron chi connectivity index (χ1n) is 16.5. The lowest BCUT2D eigenvalue weighted by molar-refractivity contribution is 0.398. The van der Waals surface area contributed by atoms with Crippen LogP contribution in [0.25, 0.3) is 32.7 Å². The Morgan fingerprint density at radius 2 is 0.820 bits per heavy atom. The van der Waals surface area contributed by atoms with E-state index in [2.05, 4.69) is 9.98 Å². The van der Waals surface area contributed by atoms with E-state index in [-0.39, 0.29) is 56.7 Å². The van der Waals surface area contributed by atoms with Crippen molar-refractivity contribution in [2.75, 3.05) is 0 Å². The summed E-state index contributed by atoms with van der Waals surface area (Å²) in [6.45, 7) is 11.1. The topological polar surface area (TPSA) is 146 Å². The minimum atomic E-state index is -0.424. The highest BCUT2D eigenvalue weighted by Crippen LogP contribution is 2.54. The number of para-hydroxylation sites is 2. The summed E-state index contributed by atoms with van der Waals surface area (Å²) in [6.07, 6.45) is 2.83. The van der Waals surface area contributed by atoms with E-state index < -0.39 is 11.5 Å². The predicted octanol–water partition coefficient (Wildman–Crippen LogP) is 10.3. The number of phenols is 6. The molecule has 0 spiro atoms. The second kappa shape index (κ2) is 13.1. The van der Waals surface area contributed by atoms with Crippen molar-refractivity contribution in [2.24, 2.45) is 9.98 Å². The number of hydrogen-bond donors (Lipinski definition) is 6. The average molecular weight is 669 g/mol. The number of aryl methyl sites for hydroxylation is 2. The highest BCUT2D eigenvalue weighted by molar-refractivity contribution is 6.15. The molecule has 0 atom stereocenters. The SMILES string of the molecule is Cc1cc2c(C(C)C)c(O)c(O)c(C=Nc3ccccc3)c2c(O)c1-c1c(C)cc2c(C(C)C)c(O)c(O)c(C=Nc3ccccc3)c2c1O. The first-order chi connectivity index (χ1) is 23.8. The maximum absolute atomic E-state index is 12.3. The molecule has 0 aliphatic heterocycles. The molecule has 8 nitrogen and oxygen atoms in total. The molecule has 0 aromatic heterocycles. The van der Waals surface area contributed by atoms with Gasteiger partial charge in [0.2, 0.25) is 0 Å². The lowest BCUT2D eigenvalue weighted by atomic mass is 9.83. The first-order valence-corrected chi connectivity index (χ1v) is 16.5. The number of rotatable bonds is 7. The van der Waals surface area contributed by atoms with Gasteiger partial charge in [-0.15, -0.1) is 0 Å². The van der Waals surface area contributed by atoms with E-state index in [0.717, 1.165) is 0 Å². The fourth-order valence-electron chi connectivity index (χ4n) is 6.93. The van der Waals surface area contributed by atoms with Crippen LogP contribution in [0.4, 0.5) is 11.4 Å². The number of fused-ring (bicyclic) bond motifs is 2. The Hall–Kier alpha value is -6.02. The van der Waals surface area contributed by atoms with Gasteiger partial charge in [-0.1, -0.05) is 76.2 Å². The summed E-state index contributed by atoms with van der Waals surface area (Å²) in [5.74, 6) is -2.33. The van der Waals surface area contributed by atoms with Gasteiger partial charge >= 0.3 is 0 Å².